The van der Waals surface area contributed by atoms with Crippen molar-refractivity contribution in [1.82, 2.24) is 10.6 Å². The van der Waals surface area contributed by atoms with Crippen LogP contribution in [0, 0.1) is 11.8 Å². The number of amides is 2. The zero-order chi connectivity index (χ0) is 13.5. The second kappa shape index (κ2) is 7.20. The minimum absolute atomic E-state index is 0.236. The molecule has 0 bridgehead atoms. The smallest absolute Gasteiger partial charge is 0.315 e. The fourth-order valence-corrected chi connectivity index (χ4v) is 2.26. The average Bonchev–Trinajstić information content (AvgIpc) is 2.75. The molecule has 6 heteroatoms. The van der Waals surface area contributed by atoms with Crippen molar-refractivity contribution in [2.24, 2.45) is 11.8 Å². The average molecular weight is 258 g/mol. The van der Waals surface area contributed by atoms with Crippen molar-refractivity contribution in [3.05, 3.63) is 0 Å². The molecule has 0 aromatic rings. The first-order valence-corrected chi connectivity index (χ1v) is 6.30. The lowest BCUT2D eigenvalue weighted by Gasteiger charge is -2.19. The first-order valence-electron chi connectivity index (χ1n) is 6.30. The van der Waals surface area contributed by atoms with Crippen molar-refractivity contribution in [3.8, 4) is 0 Å². The molecule has 3 N–H and O–H groups in total. The van der Waals surface area contributed by atoms with E-state index in [9.17, 15) is 9.59 Å². The van der Waals surface area contributed by atoms with Gasteiger partial charge in [0, 0.05) is 19.7 Å². The molecular formula is C12H22N2O4. The predicted molar refractivity (Wildman–Crippen MR) is 66.3 cm³/mol. The molecule has 6 nitrogen and oxygen atoms in total. The van der Waals surface area contributed by atoms with Crippen molar-refractivity contribution in [2.75, 3.05) is 20.3 Å². The van der Waals surface area contributed by atoms with Crippen LogP contribution in [0.15, 0.2) is 0 Å². The van der Waals surface area contributed by atoms with E-state index in [1.165, 1.54) is 0 Å². The zero-order valence-electron chi connectivity index (χ0n) is 10.9. The highest BCUT2D eigenvalue weighted by Crippen LogP contribution is 2.25. The maximum Gasteiger partial charge on any atom is 0.315 e. The van der Waals surface area contributed by atoms with E-state index >= 15 is 0 Å². The molecule has 0 saturated heterocycles. The first-order chi connectivity index (χ1) is 8.54. The van der Waals surface area contributed by atoms with Crippen LogP contribution < -0.4 is 10.6 Å². The molecule has 2 amide bonds. The number of carbonyl (C=O) groups excluding carboxylic acids is 1. The molecule has 1 saturated carbocycles. The number of carboxylic acid groups (broad SMARTS) is 1. The molecule has 104 valence electrons. The highest BCUT2D eigenvalue weighted by atomic mass is 16.5. The van der Waals surface area contributed by atoms with Gasteiger partial charge in [-0.3, -0.25) is 4.79 Å². The van der Waals surface area contributed by atoms with Gasteiger partial charge < -0.3 is 20.5 Å². The minimum atomic E-state index is -0.828. The number of methoxy groups -OCH3 is 1. The number of nitrogens with one attached hydrogen (secondary N) is 2. The zero-order valence-corrected chi connectivity index (χ0v) is 10.9. The molecule has 1 rings (SSSR count). The lowest BCUT2D eigenvalue weighted by molar-refractivity contribution is -0.142. The van der Waals surface area contributed by atoms with Crippen molar-refractivity contribution >= 4 is 12.0 Å². The lowest BCUT2D eigenvalue weighted by atomic mass is 10.0. The van der Waals surface area contributed by atoms with E-state index in [0.717, 1.165) is 12.8 Å². The summed E-state index contributed by atoms with van der Waals surface area (Å²) in [4.78, 5) is 22.6. The third-order valence-electron chi connectivity index (χ3n) is 3.21. The number of carboxylic acids is 1. The van der Waals surface area contributed by atoms with Crippen molar-refractivity contribution in [2.45, 2.75) is 32.2 Å². The molecule has 3 atom stereocenters. The van der Waals surface area contributed by atoms with Crippen molar-refractivity contribution in [1.29, 1.82) is 0 Å². The van der Waals surface area contributed by atoms with E-state index in [1.807, 2.05) is 6.92 Å². The third kappa shape index (κ3) is 4.52. The summed E-state index contributed by atoms with van der Waals surface area (Å²) in [6.07, 6.45) is 2.22. The fourth-order valence-electron chi connectivity index (χ4n) is 2.26. The van der Waals surface area contributed by atoms with Gasteiger partial charge in [0.1, 0.15) is 0 Å². The van der Waals surface area contributed by atoms with Crippen LogP contribution in [0.25, 0.3) is 0 Å². The quantitative estimate of drug-likeness (QED) is 0.658. The Morgan fingerprint density at radius 2 is 2.17 bits per heavy atom. The lowest BCUT2D eigenvalue weighted by Crippen LogP contribution is -2.46. The molecule has 1 aliphatic rings. The van der Waals surface area contributed by atoms with Crippen LogP contribution in [0.3, 0.4) is 0 Å². The number of rotatable bonds is 6. The maximum atomic E-state index is 11.6. The summed E-state index contributed by atoms with van der Waals surface area (Å²) < 4.78 is 4.97. The van der Waals surface area contributed by atoms with Crippen LogP contribution >= 0.6 is 0 Å². The Balaban J connectivity index is 2.29. The van der Waals surface area contributed by atoms with E-state index in [0.29, 0.717) is 19.6 Å². The van der Waals surface area contributed by atoms with E-state index < -0.39 is 11.9 Å². The number of urea groups is 1. The van der Waals surface area contributed by atoms with E-state index in [2.05, 4.69) is 10.6 Å². The van der Waals surface area contributed by atoms with Crippen LogP contribution in [-0.4, -0.2) is 43.4 Å². The molecule has 0 aromatic heterocycles. The Kier molecular flexibility index (Phi) is 5.91. The molecule has 0 aliphatic heterocycles. The topological polar surface area (TPSA) is 87.7 Å². The van der Waals surface area contributed by atoms with Crippen LogP contribution in [-0.2, 0) is 9.53 Å². The van der Waals surface area contributed by atoms with Crippen molar-refractivity contribution < 1.29 is 19.4 Å². The van der Waals surface area contributed by atoms with Gasteiger partial charge in [-0.15, -0.1) is 0 Å². The normalized spacial score (nSPS) is 24.6. The van der Waals surface area contributed by atoms with Crippen LogP contribution in [0.4, 0.5) is 4.79 Å². The second-order valence-electron chi connectivity index (χ2n) is 4.90. The molecule has 18 heavy (non-hydrogen) atoms. The predicted octanol–water partition coefficient (Wildman–Crippen LogP) is 0.821. The fraction of sp³-hybridized carbons (Fsp3) is 0.833. The number of carbonyl (C=O) groups is 2. The van der Waals surface area contributed by atoms with Gasteiger partial charge in [-0.1, -0.05) is 13.3 Å². The minimum Gasteiger partial charge on any atom is -0.481 e. The third-order valence-corrected chi connectivity index (χ3v) is 3.21. The number of hydrogen-bond donors (Lipinski definition) is 3. The standard InChI is InChI=1S/C12H22N2O4/c1-8(7-18-2)6-13-12(17)14-10-5-3-4-9(10)11(15)16/h8-10H,3-7H2,1-2H3,(H,15,16)(H2,13,14,17). The summed E-state index contributed by atoms with van der Waals surface area (Å²) in [7, 11) is 1.62. The molecule has 1 fully saturated rings. The summed E-state index contributed by atoms with van der Waals surface area (Å²) in [5, 5.41) is 14.5. The summed E-state index contributed by atoms with van der Waals surface area (Å²) >= 11 is 0. The Bertz CT molecular complexity index is 296. The molecule has 0 radical (unpaired) electrons. The van der Waals surface area contributed by atoms with Gasteiger partial charge in [-0.2, -0.15) is 0 Å². The van der Waals surface area contributed by atoms with Crippen LogP contribution in [0.1, 0.15) is 26.2 Å². The molecule has 0 spiro atoms. The van der Waals surface area contributed by atoms with Gasteiger partial charge in [-0.25, -0.2) is 4.79 Å². The van der Waals surface area contributed by atoms with Gasteiger partial charge in [0.25, 0.3) is 0 Å². The monoisotopic (exact) mass is 258 g/mol. The Morgan fingerprint density at radius 1 is 1.44 bits per heavy atom. The molecular weight excluding hydrogens is 236 g/mol. The molecule has 0 heterocycles. The Labute approximate surface area is 107 Å². The number of aliphatic carboxylic acids is 1. The Morgan fingerprint density at radius 3 is 2.78 bits per heavy atom. The van der Waals surface area contributed by atoms with Crippen molar-refractivity contribution in [3.63, 3.8) is 0 Å². The summed E-state index contributed by atoms with van der Waals surface area (Å²) in [5.74, 6) is -1.04. The highest BCUT2D eigenvalue weighted by Gasteiger charge is 2.33. The van der Waals surface area contributed by atoms with Gasteiger partial charge in [-0.05, 0) is 18.8 Å². The Hall–Kier alpha value is -1.30. The van der Waals surface area contributed by atoms with Gasteiger partial charge in [0.2, 0.25) is 0 Å². The van der Waals surface area contributed by atoms with E-state index in [4.69, 9.17) is 9.84 Å². The summed E-state index contributed by atoms with van der Waals surface area (Å²) in [5.41, 5.74) is 0. The number of hydrogen-bond acceptors (Lipinski definition) is 3. The second-order valence-corrected chi connectivity index (χ2v) is 4.90. The van der Waals surface area contributed by atoms with Gasteiger partial charge in [0.15, 0.2) is 0 Å². The SMILES string of the molecule is COCC(C)CNC(=O)NC1CCCC1C(=O)O. The first kappa shape index (κ1) is 14.8. The maximum absolute atomic E-state index is 11.6. The largest absolute Gasteiger partial charge is 0.481 e. The summed E-state index contributed by atoms with van der Waals surface area (Å²) in [6.45, 7) is 3.07. The van der Waals surface area contributed by atoms with E-state index in [1.54, 1.807) is 7.11 Å². The number of ether oxygens (including phenoxy) is 1. The summed E-state index contributed by atoms with van der Waals surface area (Å²) in [6, 6.07) is -0.545. The molecule has 3 unspecified atom stereocenters. The van der Waals surface area contributed by atoms with Gasteiger partial charge >= 0.3 is 12.0 Å². The van der Waals surface area contributed by atoms with Crippen LogP contribution in [0.5, 0.6) is 0 Å². The van der Waals surface area contributed by atoms with E-state index in [-0.39, 0.29) is 18.0 Å². The molecule has 1 aliphatic carbocycles. The van der Waals surface area contributed by atoms with Gasteiger partial charge in [0.05, 0.1) is 12.5 Å². The van der Waals surface area contributed by atoms with Crippen LogP contribution in [0.2, 0.25) is 0 Å². The highest BCUT2D eigenvalue weighted by molar-refractivity contribution is 5.77. The molecule has 0 aromatic carbocycles.